The van der Waals surface area contributed by atoms with Crippen LogP contribution < -0.4 is 11.2 Å². The minimum atomic E-state index is -0.118. The Morgan fingerprint density at radius 1 is 1.54 bits per heavy atom. The molecule has 0 saturated heterocycles. The van der Waals surface area contributed by atoms with Crippen molar-refractivity contribution in [3.63, 3.8) is 0 Å². The van der Waals surface area contributed by atoms with Gasteiger partial charge in [-0.05, 0) is 0 Å². The van der Waals surface area contributed by atoms with Gasteiger partial charge in [0.2, 0.25) is 5.88 Å². The molecule has 66 valence electrons. The first-order valence-electron chi connectivity index (χ1n) is 3.67. The van der Waals surface area contributed by atoms with Gasteiger partial charge in [0.1, 0.15) is 5.69 Å². The first-order valence-corrected chi connectivity index (χ1v) is 3.67. The van der Waals surface area contributed by atoms with Gasteiger partial charge in [-0.25, -0.2) is 0 Å². The smallest absolute Gasteiger partial charge is 0.222 e. The highest BCUT2D eigenvalue weighted by Crippen LogP contribution is 2.14. The molecule has 2 aromatic rings. The fraction of sp³-hybridized carbons (Fsp3) is 0. The zero-order valence-electron chi connectivity index (χ0n) is 6.65. The molecule has 3 N–H and O–H groups in total. The Morgan fingerprint density at radius 3 is 3.00 bits per heavy atom. The van der Waals surface area contributed by atoms with Crippen molar-refractivity contribution < 1.29 is 4.52 Å². The molecular weight excluding hydrogens is 170 g/mol. The quantitative estimate of drug-likeness (QED) is 0.668. The molecule has 0 unspecified atom stereocenters. The van der Waals surface area contributed by atoms with E-state index in [1.165, 1.54) is 12.1 Å². The van der Waals surface area contributed by atoms with E-state index in [2.05, 4.69) is 14.7 Å². The van der Waals surface area contributed by atoms with Gasteiger partial charge < -0.3 is 15.2 Å². The number of hydrogen-bond acceptors (Lipinski definition) is 4. The number of anilines is 1. The maximum Gasteiger partial charge on any atom is 0.222 e. The largest absolute Gasteiger partial charge is 0.368 e. The van der Waals surface area contributed by atoms with E-state index < -0.39 is 0 Å². The average Bonchev–Trinajstić information content (AvgIpc) is 2.53. The molecule has 0 bridgehead atoms. The number of rotatable bonds is 1. The highest BCUT2D eigenvalue weighted by atomic mass is 16.5. The van der Waals surface area contributed by atoms with Gasteiger partial charge >= 0.3 is 0 Å². The van der Waals surface area contributed by atoms with E-state index in [9.17, 15) is 4.79 Å². The third-order valence-corrected chi connectivity index (χ3v) is 1.63. The molecule has 0 atom stereocenters. The number of nitrogens with one attached hydrogen (secondary N) is 1. The Kier molecular flexibility index (Phi) is 1.63. The summed E-state index contributed by atoms with van der Waals surface area (Å²) in [6.45, 7) is 0. The van der Waals surface area contributed by atoms with Crippen LogP contribution in [0.15, 0.2) is 33.8 Å². The van der Waals surface area contributed by atoms with Crippen LogP contribution in [0.25, 0.3) is 11.3 Å². The highest BCUT2D eigenvalue weighted by Gasteiger charge is 2.06. The first kappa shape index (κ1) is 7.60. The molecule has 2 heterocycles. The second-order valence-corrected chi connectivity index (χ2v) is 2.54. The molecule has 0 fully saturated rings. The van der Waals surface area contributed by atoms with E-state index in [1.54, 1.807) is 12.4 Å². The average molecular weight is 177 g/mol. The predicted octanol–water partition coefficient (Wildman–Crippen LogP) is 0.612. The van der Waals surface area contributed by atoms with Crippen molar-refractivity contribution in [1.82, 2.24) is 10.1 Å². The van der Waals surface area contributed by atoms with Gasteiger partial charge in [-0.2, -0.15) is 0 Å². The van der Waals surface area contributed by atoms with Crippen molar-refractivity contribution in [1.29, 1.82) is 0 Å². The van der Waals surface area contributed by atoms with Crippen molar-refractivity contribution in [2.24, 2.45) is 0 Å². The Morgan fingerprint density at radius 2 is 2.38 bits per heavy atom. The lowest BCUT2D eigenvalue weighted by molar-refractivity contribution is 0.439. The molecule has 2 aromatic heterocycles. The molecule has 2 rings (SSSR count). The first-order chi connectivity index (χ1) is 6.27. The van der Waals surface area contributed by atoms with Gasteiger partial charge in [0.15, 0.2) is 5.43 Å². The predicted molar refractivity (Wildman–Crippen MR) is 47.0 cm³/mol. The summed E-state index contributed by atoms with van der Waals surface area (Å²) in [5, 5.41) is 3.63. The third kappa shape index (κ3) is 1.31. The second-order valence-electron chi connectivity index (χ2n) is 2.54. The van der Waals surface area contributed by atoms with E-state index in [-0.39, 0.29) is 11.3 Å². The van der Waals surface area contributed by atoms with E-state index in [1.807, 2.05) is 0 Å². The summed E-state index contributed by atoms with van der Waals surface area (Å²) in [6, 6.07) is 2.92. The van der Waals surface area contributed by atoms with Crippen molar-refractivity contribution in [2.75, 3.05) is 5.73 Å². The van der Waals surface area contributed by atoms with Gasteiger partial charge in [0.05, 0.1) is 5.56 Å². The van der Waals surface area contributed by atoms with Crippen LogP contribution >= 0.6 is 0 Å². The molecule has 0 radical (unpaired) electrons. The topological polar surface area (TPSA) is 84.9 Å². The number of H-pyrrole nitrogens is 1. The number of nitrogens with two attached hydrogens (primary N) is 1. The van der Waals surface area contributed by atoms with Crippen LogP contribution in [0.1, 0.15) is 0 Å². The van der Waals surface area contributed by atoms with Crippen LogP contribution in [0, 0.1) is 0 Å². The molecule has 0 amide bonds. The molecule has 0 aromatic carbocycles. The molecule has 5 nitrogen and oxygen atoms in total. The van der Waals surface area contributed by atoms with Gasteiger partial charge in [0, 0.05) is 24.5 Å². The van der Waals surface area contributed by atoms with E-state index >= 15 is 0 Å². The molecule has 0 aliphatic carbocycles. The second kappa shape index (κ2) is 2.78. The summed E-state index contributed by atoms with van der Waals surface area (Å²) in [5.41, 5.74) is 6.10. The fourth-order valence-corrected chi connectivity index (χ4v) is 1.03. The normalized spacial score (nSPS) is 10.2. The van der Waals surface area contributed by atoms with E-state index in [0.717, 1.165) is 0 Å². The maximum atomic E-state index is 11.3. The molecule has 0 spiro atoms. The molecule has 0 aliphatic rings. The minimum absolute atomic E-state index is 0.118. The Balaban J connectivity index is 2.59. The summed E-state index contributed by atoms with van der Waals surface area (Å²) in [5.74, 6) is 0.193. The minimum Gasteiger partial charge on any atom is -0.368 e. The van der Waals surface area contributed by atoms with Crippen LogP contribution in [0.5, 0.6) is 0 Å². The summed E-state index contributed by atoms with van der Waals surface area (Å²) in [7, 11) is 0. The van der Waals surface area contributed by atoms with Crippen LogP contribution in [-0.2, 0) is 0 Å². The highest BCUT2D eigenvalue weighted by molar-refractivity contribution is 5.59. The van der Waals surface area contributed by atoms with Crippen LogP contribution in [0.3, 0.4) is 0 Å². The van der Waals surface area contributed by atoms with Crippen molar-refractivity contribution in [2.45, 2.75) is 0 Å². The van der Waals surface area contributed by atoms with Crippen LogP contribution in [0.4, 0.5) is 5.88 Å². The fourth-order valence-electron chi connectivity index (χ4n) is 1.03. The molecular formula is C8H7N3O2. The Bertz CT molecular complexity index is 472. The zero-order valence-corrected chi connectivity index (χ0v) is 6.65. The number of nitrogen functional groups attached to an aromatic ring is 1. The van der Waals surface area contributed by atoms with Gasteiger partial charge in [-0.15, -0.1) is 0 Å². The molecule has 5 heteroatoms. The van der Waals surface area contributed by atoms with Crippen molar-refractivity contribution >= 4 is 5.88 Å². The summed E-state index contributed by atoms with van der Waals surface area (Å²) >= 11 is 0. The van der Waals surface area contributed by atoms with Gasteiger partial charge in [0.25, 0.3) is 0 Å². The molecule has 0 aliphatic heterocycles. The van der Waals surface area contributed by atoms with Crippen molar-refractivity contribution in [3.05, 3.63) is 34.7 Å². The lowest BCUT2D eigenvalue weighted by Crippen LogP contribution is -2.02. The lowest BCUT2D eigenvalue weighted by Gasteiger charge is -1.90. The standard InChI is InChI=1S/C8H7N3O2/c9-8-3-6(11-13-8)5-4-10-2-1-7(5)12/h1-4H,9H2,(H,10,12). The summed E-state index contributed by atoms with van der Waals surface area (Å²) in [4.78, 5) is 14.1. The maximum absolute atomic E-state index is 11.3. The number of pyridine rings is 1. The third-order valence-electron chi connectivity index (χ3n) is 1.63. The number of hydrogen-bond donors (Lipinski definition) is 2. The number of aromatic nitrogens is 2. The molecule has 13 heavy (non-hydrogen) atoms. The number of aromatic amines is 1. The SMILES string of the molecule is Nc1cc(-c2c[nH]ccc2=O)no1. The Hall–Kier alpha value is -2.04. The Labute approximate surface area is 73.2 Å². The zero-order chi connectivity index (χ0) is 9.26. The van der Waals surface area contributed by atoms with E-state index in [4.69, 9.17) is 5.73 Å². The van der Waals surface area contributed by atoms with Crippen LogP contribution in [0.2, 0.25) is 0 Å². The van der Waals surface area contributed by atoms with Gasteiger partial charge in [-0.1, -0.05) is 5.16 Å². The van der Waals surface area contributed by atoms with Crippen LogP contribution in [-0.4, -0.2) is 10.1 Å². The monoisotopic (exact) mass is 177 g/mol. The van der Waals surface area contributed by atoms with Gasteiger partial charge in [-0.3, -0.25) is 4.79 Å². The summed E-state index contributed by atoms with van der Waals surface area (Å²) < 4.78 is 4.65. The molecule has 0 saturated carbocycles. The lowest BCUT2D eigenvalue weighted by atomic mass is 10.2. The van der Waals surface area contributed by atoms with E-state index in [0.29, 0.717) is 11.3 Å². The summed E-state index contributed by atoms with van der Waals surface area (Å²) in [6.07, 6.45) is 3.11. The van der Waals surface area contributed by atoms with Crippen molar-refractivity contribution in [3.8, 4) is 11.3 Å². The number of nitrogens with zero attached hydrogens (tertiary/aromatic N) is 1.